The van der Waals surface area contributed by atoms with Crippen molar-refractivity contribution in [2.24, 2.45) is 7.05 Å². The van der Waals surface area contributed by atoms with Crippen LogP contribution in [0.25, 0.3) is 11.0 Å². The molecule has 2 aromatic rings. The van der Waals surface area contributed by atoms with Crippen LogP contribution in [0.3, 0.4) is 0 Å². The first kappa shape index (κ1) is 11.9. The Labute approximate surface area is 99.9 Å². The maximum absolute atomic E-state index is 9.40. The van der Waals surface area contributed by atoms with Gasteiger partial charge in [0.25, 0.3) is 0 Å². The molecule has 5 heteroatoms. The lowest BCUT2D eigenvalue weighted by Crippen LogP contribution is -2.31. The molecule has 0 fully saturated rings. The summed E-state index contributed by atoms with van der Waals surface area (Å²) in [6, 6.07) is 5.95. The number of aliphatic hydroxyl groups is 2. The second-order valence-corrected chi connectivity index (χ2v) is 4.25. The predicted molar refractivity (Wildman–Crippen MR) is 67.1 cm³/mol. The molecule has 1 atom stereocenters. The molecule has 0 amide bonds. The monoisotopic (exact) mass is 235 g/mol. The third kappa shape index (κ3) is 2.40. The zero-order valence-corrected chi connectivity index (χ0v) is 10.0. The molecule has 1 aromatic carbocycles. The molecule has 0 saturated heterocycles. The second-order valence-electron chi connectivity index (χ2n) is 4.25. The zero-order chi connectivity index (χ0) is 12.4. The standard InChI is InChI=1S/C12H17N3O2/c1-14(6-10(17)7-16)9-3-4-12-11(5-9)13-8-15(12)2/h3-5,8,10,16-17H,6-7H2,1-2H3. The Morgan fingerprint density at radius 1 is 1.47 bits per heavy atom. The van der Waals surface area contributed by atoms with Crippen molar-refractivity contribution in [3.63, 3.8) is 0 Å². The van der Waals surface area contributed by atoms with E-state index >= 15 is 0 Å². The Bertz CT molecular complexity index is 509. The zero-order valence-electron chi connectivity index (χ0n) is 10.0. The molecular formula is C12H17N3O2. The molecule has 0 spiro atoms. The van der Waals surface area contributed by atoms with Crippen LogP contribution in [0.5, 0.6) is 0 Å². The lowest BCUT2D eigenvalue weighted by molar-refractivity contribution is 0.101. The minimum Gasteiger partial charge on any atom is -0.394 e. The number of benzene rings is 1. The molecule has 0 saturated carbocycles. The number of aliphatic hydroxyl groups excluding tert-OH is 2. The van der Waals surface area contributed by atoms with E-state index in [1.165, 1.54) is 0 Å². The number of aryl methyl sites for hydroxylation is 1. The summed E-state index contributed by atoms with van der Waals surface area (Å²) < 4.78 is 1.96. The van der Waals surface area contributed by atoms with Crippen molar-refractivity contribution in [2.75, 3.05) is 25.1 Å². The van der Waals surface area contributed by atoms with Crippen molar-refractivity contribution < 1.29 is 10.2 Å². The van der Waals surface area contributed by atoms with Gasteiger partial charge in [-0.05, 0) is 18.2 Å². The van der Waals surface area contributed by atoms with Crippen LogP contribution in [-0.2, 0) is 7.05 Å². The lowest BCUT2D eigenvalue weighted by Gasteiger charge is -2.21. The highest BCUT2D eigenvalue weighted by Crippen LogP contribution is 2.20. The molecule has 0 radical (unpaired) electrons. The number of fused-ring (bicyclic) bond motifs is 1. The van der Waals surface area contributed by atoms with Gasteiger partial charge in [-0.25, -0.2) is 4.98 Å². The molecule has 0 aliphatic heterocycles. The van der Waals surface area contributed by atoms with Gasteiger partial charge in [-0.2, -0.15) is 0 Å². The van der Waals surface area contributed by atoms with E-state index < -0.39 is 6.10 Å². The number of hydrogen-bond acceptors (Lipinski definition) is 4. The van der Waals surface area contributed by atoms with E-state index in [1.54, 1.807) is 6.33 Å². The largest absolute Gasteiger partial charge is 0.394 e. The van der Waals surface area contributed by atoms with Gasteiger partial charge in [-0.3, -0.25) is 0 Å². The summed E-state index contributed by atoms with van der Waals surface area (Å²) in [6.45, 7) is 0.172. The molecule has 0 bridgehead atoms. The smallest absolute Gasteiger partial charge is 0.0955 e. The SMILES string of the molecule is CN(CC(O)CO)c1ccc2c(c1)ncn2C. The Morgan fingerprint density at radius 3 is 2.94 bits per heavy atom. The minimum absolute atomic E-state index is 0.226. The maximum Gasteiger partial charge on any atom is 0.0955 e. The second kappa shape index (κ2) is 4.73. The summed E-state index contributed by atoms with van der Waals surface area (Å²) in [4.78, 5) is 6.18. The number of anilines is 1. The molecule has 0 aliphatic carbocycles. The van der Waals surface area contributed by atoms with E-state index in [2.05, 4.69) is 4.98 Å². The van der Waals surface area contributed by atoms with Crippen LogP contribution < -0.4 is 4.90 Å². The highest BCUT2D eigenvalue weighted by Gasteiger charge is 2.09. The minimum atomic E-state index is -0.723. The molecule has 1 aromatic heterocycles. The Hall–Kier alpha value is -1.59. The number of hydrogen-bond donors (Lipinski definition) is 2. The lowest BCUT2D eigenvalue weighted by atomic mass is 10.2. The number of rotatable bonds is 4. The van der Waals surface area contributed by atoms with E-state index in [0.717, 1.165) is 16.7 Å². The Kier molecular flexibility index (Phi) is 3.31. The van der Waals surface area contributed by atoms with E-state index in [0.29, 0.717) is 6.54 Å². The molecular weight excluding hydrogens is 218 g/mol. The fourth-order valence-corrected chi connectivity index (χ4v) is 1.84. The van der Waals surface area contributed by atoms with Crippen LogP contribution in [0.15, 0.2) is 24.5 Å². The van der Waals surface area contributed by atoms with Crippen LogP contribution in [0.4, 0.5) is 5.69 Å². The van der Waals surface area contributed by atoms with Crippen LogP contribution in [-0.4, -0.2) is 46.1 Å². The molecule has 2 rings (SSSR count). The quantitative estimate of drug-likeness (QED) is 0.803. The summed E-state index contributed by atoms with van der Waals surface area (Å²) >= 11 is 0. The van der Waals surface area contributed by atoms with Crippen LogP contribution in [0.2, 0.25) is 0 Å². The van der Waals surface area contributed by atoms with Crippen molar-refractivity contribution in [1.29, 1.82) is 0 Å². The summed E-state index contributed by atoms with van der Waals surface area (Å²) in [5, 5.41) is 18.2. The predicted octanol–water partition coefficient (Wildman–Crippen LogP) is 0.363. The molecule has 5 nitrogen and oxygen atoms in total. The fourth-order valence-electron chi connectivity index (χ4n) is 1.84. The number of imidazole rings is 1. The highest BCUT2D eigenvalue weighted by molar-refractivity contribution is 5.79. The van der Waals surface area contributed by atoms with E-state index in [-0.39, 0.29) is 6.61 Å². The summed E-state index contributed by atoms with van der Waals surface area (Å²) in [6.07, 6.45) is 1.05. The summed E-state index contributed by atoms with van der Waals surface area (Å²) in [7, 11) is 3.83. The van der Waals surface area contributed by atoms with E-state index in [1.807, 2.05) is 41.8 Å². The summed E-state index contributed by atoms with van der Waals surface area (Å²) in [5.41, 5.74) is 2.98. The highest BCUT2D eigenvalue weighted by atomic mass is 16.3. The first-order valence-corrected chi connectivity index (χ1v) is 5.53. The number of aromatic nitrogens is 2. The average Bonchev–Trinajstić information content (AvgIpc) is 2.70. The van der Waals surface area contributed by atoms with Crippen molar-refractivity contribution >= 4 is 16.7 Å². The van der Waals surface area contributed by atoms with Gasteiger partial charge in [0.2, 0.25) is 0 Å². The molecule has 1 unspecified atom stereocenters. The van der Waals surface area contributed by atoms with Crippen molar-refractivity contribution in [3.8, 4) is 0 Å². The topological polar surface area (TPSA) is 61.5 Å². The Morgan fingerprint density at radius 2 is 2.24 bits per heavy atom. The molecule has 2 N–H and O–H groups in total. The molecule has 92 valence electrons. The van der Waals surface area contributed by atoms with E-state index in [4.69, 9.17) is 5.11 Å². The van der Waals surface area contributed by atoms with Gasteiger partial charge < -0.3 is 19.7 Å². The van der Waals surface area contributed by atoms with Gasteiger partial charge in [0.05, 0.1) is 30.1 Å². The van der Waals surface area contributed by atoms with Crippen LogP contribution in [0.1, 0.15) is 0 Å². The van der Waals surface area contributed by atoms with Gasteiger partial charge in [-0.15, -0.1) is 0 Å². The first-order valence-electron chi connectivity index (χ1n) is 5.53. The molecule has 17 heavy (non-hydrogen) atoms. The van der Waals surface area contributed by atoms with Crippen molar-refractivity contribution in [3.05, 3.63) is 24.5 Å². The van der Waals surface area contributed by atoms with Gasteiger partial charge in [-0.1, -0.05) is 0 Å². The average molecular weight is 235 g/mol. The third-order valence-corrected chi connectivity index (χ3v) is 2.85. The number of likely N-dealkylation sites (N-methyl/N-ethyl adjacent to an activating group) is 1. The summed E-state index contributed by atoms with van der Waals surface area (Å²) in [5.74, 6) is 0. The van der Waals surface area contributed by atoms with Gasteiger partial charge in [0.1, 0.15) is 0 Å². The third-order valence-electron chi connectivity index (χ3n) is 2.85. The van der Waals surface area contributed by atoms with E-state index in [9.17, 15) is 5.11 Å². The van der Waals surface area contributed by atoms with Crippen LogP contribution in [0, 0.1) is 0 Å². The van der Waals surface area contributed by atoms with Crippen molar-refractivity contribution in [2.45, 2.75) is 6.10 Å². The van der Waals surface area contributed by atoms with Gasteiger partial charge >= 0.3 is 0 Å². The molecule has 1 heterocycles. The Balaban J connectivity index is 2.24. The van der Waals surface area contributed by atoms with Crippen LogP contribution >= 0.6 is 0 Å². The maximum atomic E-state index is 9.40. The van der Waals surface area contributed by atoms with Gasteiger partial charge in [0, 0.05) is 26.3 Å². The normalized spacial score (nSPS) is 12.9. The number of nitrogens with zero attached hydrogens (tertiary/aromatic N) is 3. The van der Waals surface area contributed by atoms with Crippen molar-refractivity contribution in [1.82, 2.24) is 9.55 Å². The molecule has 0 aliphatic rings. The van der Waals surface area contributed by atoms with Gasteiger partial charge in [0.15, 0.2) is 0 Å². The fraction of sp³-hybridized carbons (Fsp3) is 0.417. The first-order chi connectivity index (χ1) is 8.11.